The van der Waals surface area contributed by atoms with E-state index in [-0.39, 0.29) is 24.0 Å². The van der Waals surface area contributed by atoms with E-state index in [1.54, 1.807) is 17.0 Å². The lowest BCUT2D eigenvalue weighted by molar-refractivity contribution is 0.172. The fraction of sp³-hybridized carbons (Fsp3) is 0.227. The van der Waals surface area contributed by atoms with E-state index in [1.807, 2.05) is 60.7 Å². The summed E-state index contributed by atoms with van der Waals surface area (Å²) >= 11 is 0. The van der Waals surface area contributed by atoms with Crippen LogP contribution in [0.1, 0.15) is 5.56 Å². The zero-order chi connectivity index (χ0) is 20.3. The van der Waals surface area contributed by atoms with Crippen LogP contribution in [-0.2, 0) is 16.6 Å². The average molecular weight is 410 g/mol. The van der Waals surface area contributed by atoms with Crippen molar-refractivity contribution in [3.8, 4) is 0 Å². The molecule has 3 aromatic rings. The second kappa shape index (κ2) is 8.23. The zero-order valence-electron chi connectivity index (χ0n) is 16.0. The molecule has 2 amide bonds. The van der Waals surface area contributed by atoms with Crippen molar-refractivity contribution in [1.82, 2.24) is 14.5 Å². The fourth-order valence-corrected chi connectivity index (χ4v) is 4.95. The third-order valence-electron chi connectivity index (χ3n) is 5.17. The molecule has 4 rings (SSSR count). The minimum atomic E-state index is -3.58. The molecular formula is C22H23N3O3S. The topological polar surface area (TPSA) is 69.7 Å². The number of piperazine rings is 1. The van der Waals surface area contributed by atoms with Crippen LogP contribution in [0.15, 0.2) is 77.7 Å². The number of benzene rings is 3. The molecule has 150 valence electrons. The van der Waals surface area contributed by atoms with E-state index in [0.29, 0.717) is 19.6 Å². The monoisotopic (exact) mass is 409 g/mol. The summed E-state index contributed by atoms with van der Waals surface area (Å²) < 4.78 is 27.5. The Hall–Kier alpha value is -2.90. The van der Waals surface area contributed by atoms with E-state index in [0.717, 1.165) is 16.3 Å². The molecule has 0 aliphatic carbocycles. The fourth-order valence-electron chi connectivity index (χ4n) is 3.49. The second-order valence-corrected chi connectivity index (χ2v) is 8.98. The Bertz CT molecular complexity index is 1110. The first-order chi connectivity index (χ1) is 14.0. The lowest BCUT2D eigenvalue weighted by Crippen LogP contribution is -2.52. The van der Waals surface area contributed by atoms with Crippen molar-refractivity contribution in [2.75, 3.05) is 26.2 Å². The van der Waals surface area contributed by atoms with Gasteiger partial charge in [-0.25, -0.2) is 13.2 Å². The lowest BCUT2D eigenvalue weighted by atomic mass is 10.1. The summed E-state index contributed by atoms with van der Waals surface area (Å²) in [6.45, 7) is 1.76. The maximum absolute atomic E-state index is 13.0. The van der Waals surface area contributed by atoms with Crippen molar-refractivity contribution in [2.45, 2.75) is 11.4 Å². The minimum absolute atomic E-state index is 0.170. The van der Waals surface area contributed by atoms with Gasteiger partial charge < -0.3 is 10.2 Å². The molecule has 0 unspecified atom stereocenters. The number of carbonyl (C=O) groups is 1. The Morgan fingerprint density at radius 2 is 1.48 bits per heavy atom. The summed E-state index contributed by atoms with van der Waals surface area (Å²) in [5.41, 5.74) is 1.03. The first-order valence-electron chi connectivity index (χ1n) is 9.60. The van der Waals surface area contributed by atoms with Gasteiger partial charge in [0.25, 0.3) is 0 Å². The Morgan fingerprint density at radius 3 is 2.21 bits per heavy atom. The molecule has 0 atom stereocenters. The van der Waals surface area contributed by atoms with Crippen LogP contribution in [0.3, 0.4) is 0 Å². The Kier molecular flexibility index (Phi) is 5.51. The average Bonchev–Trinajstić information content (AvgIpc) is 2.78. The van der Waals surface area contributed by atoms with Crippen molar-refractivity contribution in [1.29, 1.82) is 0 Å². The molecule has 1 aliphatic heterocycles. The van der Waals surface area contributed by atoms with Crippen molar-refractivity contribution in [2.24, 2.45) is 0 Å². The summed E-state index contributed by atoms with van der Waals surface area (Å²) in [7, 11) is -3.58. The summed E-state index contributed by atoms with van der Waals surface area (Å²) in [6.07, 6.45) is 0. The molecule has 0 radical (unpaired) electrons. The summed E-state index contributed by atoms with van der Waals surface area (Å²) in [5, 5.41) is 4.79. The van der Waals surface area contributed by atoms with Crippen LogP contribution in [0.5, 0.6) is 0 Å². The summed E-state index contributed by atoms with van der Waals surface area (Å²) in [5.74, 6) is 0. The number of carbonyl (C=O) groups excluding carboxylic acids is 1. The van der Waals surface area contributed by atoms with Crippen molar-refractivity contribution >= 4 is 26.8 Å². The highest BCUT2D eigenvalue weighted by atomic mass is 32.2. The van der Waals surface area contributed by atoms with Crippen molar-refractivity contribution in [3.05, 3.63) is 78.4 Å². The predicted molar refractivity (Wildman–Crippen MR) is 113 cm³/mol. The number of amides is 2. The van der Waals surface area contributed by atoms with Gasteiger partial charge in [-0.2, -0.15) is 4.31 Å². The normalized spacial score (nSPS) is 15.4. The molecule has 0 bridgehead atoms. The Labute approximate surface area is 170 Å². The number of rotatable bonds is 4. The van der Waals surface area contributed by atoms with Crippen LogP contribution >= 0.6 is 0 Å². The number of nitrogens with zero attached hydrogens (tertiary/aromatic N) is 2. The molecule has 1 heterocycles. The van der Waals surface area contributed by atoms with Gasteiger partial charge in [-0.1, -0.05) is 60.7 Å². The van der Waals surface area contributed by atoms with Gasteiger partial charge in [-0.3, -0.25) is 0 Å². The number of sulfonamides is 1. The van der Waals surface area contributed by atoms with Crippen LogP contribution in [-0.4, -0.2) is 49.8 Å². The van der Waals surface area contributed by atoms with Gasteiger partial charge in [-0.15, -0.1) is 0 Å². The molecule has 1 N–H and O–H groups in total. The predicted octanol–water partition coefficient (Wildman–Crippen LogP) is 3.06. The number of fused-ring (bicyclic) bond motifs is 1. The second-order valence-electron chi connectivity index (χ2n) is 7.04. The van der Waals surface area contributed by atoms with E-state index < -0.39 is 10.0 Å². The third kappa shape index (κ3) is 4.26. The van der Waals surface area contributed by atoms with Gasteiger partial charge in [0.2, 0.25) is 10.0 Å². The molecular weight excluding hydrogens is 386 g/mol. The van der Waals surface area contributed by atoms with Gasteiger partial charge in [-0.05, 0) is 28.5 Å². The molecule has 1 fully saturated rings. The quantitative estimate of drug-likeness (QED) is 0.720. The van der Waals surface area contributed by atoms with E-state index in [1.165, 1.54) is 4.31 Å². The molecule has 6 nitrogen and oxygen atoms in total. The largest absolute Gasteiger partial charge is 0.334 e. The Morgan fingerprint density at radius 1 is 0.828 bits per heavy atom. The van der Waals surface area contributed by atoms with Crippen molar-refractivity contribution in [3.63, 3.8) is 0 Å². The Balaban J connectivity index is 1.38. The lowest BCUT2D eigenvalue weighted by Gasteiger charge is -2.34. The summed E-state index contributed by atoms with van der Waals surface area (Å²) in [4.78, 5) is 14.3. The van der Waals surface area contributed by atoms with Gasteiger partial charge >= 0.3 is 6.03 Å². The van der Waals surface area contributed by atoms with E-state index in [9.17, 15) is 13.2 Å². The van der Waals surface area contributed by atoms with Crippen LogP contribution in [0.4, 0.5) is 4.79 Å². The SMILES string of the molecule is O=C(NCc1ccccc1)N1CCN(S(=O)(=O)c2ccc3ccccc3c2)CC1. The van der Waals surface area contributed by atoms with Crippen molar-refractivity contribution < 1.29 is 13.2 Å². The smallest absolute Gasteiger partial charge is 0.317 e. The van der Waals surface area contributed by atoms with Crippen LogP contribution < -0.4 is 5.32 Å². The standard InChI is InChI=1S/C22H23N3O3S/c26-22(23-17-18-6-2-1-3-7-18)24-12-14-25(15-13-24)29(27,28)21-11-10-19-8-4-5-9-20(19)16-21/h1-11,16H,12-15,17H2,(H,23,26). The molecule has 1 saturated heterocycles. The maximum Gasteiger partial charge on any atom is 0.317 e. The molecule has 7 heteroatoms. The van der Waals surface area contributed by atoms with Gasteiger partial charge in [0.05, 0.1) is 4.90 Å². The number of hydrogen-bond donors (Lipinski definition) is 1. The van der Waals surface area contributed by atoms with E-state index in [4.69, 9.17) is 0 Å². The summed E-state index contributed by atoms with van der Waals surface area (Å²) in [6, 6.07) is 22.4. The zero-order valence-corrected chi connectivity index (χ0v) is 16.8. The molecule has 1 aliphatic rings. The molecule has 0 aromatic heterocycles. The molecule has 29 heavy (non-hydrogen) atoms. The number of nitrogens with one attached hydrogen (secondary N) is 1. The first-order valence-corrected chi connectivity index (χ1v) is 11.0. The van der Waals surface area contributed by atoms with E-state index in [2.05, 4.69) is 5.32 Å². The third-order valence-corrected chi connectivity index (χ3v) is 7.07. The first kappa shape index (κ1) is 19.4. The highest BCUT2D eigenvalue weighted by Gasteiger charge is 2.30. The molecule has 0 saturated carbocycles. The van der Waals surface area contributed by atoms with Crippen LogP contribution in [0.2, 0.25) is 0 Å². The van der Waals surface area contributed by atoms with Crippen LogP contribution in [0, 0.1) is 0 Å². The van der Waals surface area contributed by atoms with Gasteiger partial charge in [0.15, 0.2) is 0 Å². The number of urea groups is 1. The van der Waals surface area contributed by atoms with Gasteiger partial charge in [0.1, 0.15) is 0 Å². The highest BCUT2D eigenvalue weighted by molar-refractivity contribution is 7.89. The number of hydrogen-bond acceptors (Lipinski definition) is 3. The highest BCUT2D eigenvalue weighted by Crippen LogP contribution is 2.22. The molecule has 0 spiro atoms. The van der Waals surface area contributed by atoms with E-state index >= 15 is 0 Å². The van der Waals surface area contributed by atoms with Gasteiger partial charge in [0, 0.05) is 32.7 Å². The van der Waals surface area contributed by atoms with Crippen LogP contribution in [0.25, 0.3) is 10.8 Å². The minimum Gasteiger partial charge on any atom is -0.334 e. The maximum atomic E-state index is 13.0. The molecule has 3 aromatic carbocycles.